The van der Waals surface area contributed by atoms with Crippen molar-refractivity contribution < 1.29 is 4.74 Å². The maximum atomic E-state index is 12.1. The summed E-state index contributed by atoms with van der Waals surface area (Å²) in [5, 5.41) is 0. The number of benzene rings is 2. The van der Waals surface area contributed by atoms with Crippen molar-refractivity contribution in [3.63, 3.8) is 0 Å². The smallest absolute Gasteiger partial charge is 0.331 e. The van der Waals surface area contributed by atoms with E-state index >= 15 is 0 Å². The van der Waals surface area contributed by atoms with Gasteiger partial charge in [-0.05, 0) is 36.4 Å². The summed E-state index contributed by atoms with van der Waals surface area (Å²) < 4.78 is 7.07. The van der Waals surface area contributed by atoms with E-state index in [1.165, 1.54) is 0 Å². The van der Waals surface area contributed by atoms with Crippen LogP contribution in [-0.2, 0) is 0 Å². The lowest BCUT2D eigenvalue weighted by Crippen LogP contribution is -2.14. The Kier molecular flexibility index (Phi) is 3.26. The molecule has 20 heavy (non-hydrogen) atoms. The van der Waals surface area contributed by atoms with E-state index in [-0.39, 0.29) is 5.69 Å². The maximum absolute atomic E-state index is 12.1. The van der Waals surface area contributed by atoms with E-state index in [1.807, 2.05) is 48.5 Å². The molecular weight excluding hydrogens is 254 g/mol. The molecule has 3 aromatic rings. The van der Waals surface area contributed by atoms with E-state index in [2.05, 4.69) is 4.98 Å². The van der Waals surface area contributed by atoms with Gasteiger partial charge in [0.2, 0.25) is 0 Å². The Balaban J connectivity index is 2.03. The van der Waals surface area contributed by atoms with Gasteiger partial charge in [0.1, 0.15) is 12.4 Å². The SMILES string of the molecule is NCCOc1ccc(-n2c(=O)[nH]c3ccccc32)cc1. The van der Waals surface area contributed by atoms with E-state index in [0.717, 1.165) is 22.5 Å². The highest BCUT2D eigenvalue weighted by Gasteiger charge is 2.07. The van der Waals surface area contributed by atoms with Crippen LogP contribution in [0.2, 0.25) is 0 Å². The zero-order chi connectivity index (χ0) is 13.9. The van der Waals surface area contributed by atoms with Gasteiger partial charge in [0.25, 0.3) is 0 Å². The molecular formula is C15H15N3O2. The van der Waals surface area contributed by atoms with Crippen molar-refractivity contribution in [2.75, 3.05) is 13.2 Å². The number of ether oxygens (including phenoxy) is 1. The fourth-order valence-corrected chi connectivity index (χ4v) is 2.18. The minimum absolute atomic E-state index is 0.151. The van der Waals surface area contributed by atoms with Crippen molar-refractivity contribution in [2.45, 2.75) is 0 Å². The minimum atomic E-state index is -0.151. The lowest BCUT2D eigenvalue weighted by Gasteiger charge is -2.07. The second kappa shape index (κ2) is 5.22. The molecule has 3 rings (SSSR count). The summed E-state index contributed by atoms with van der Waals surface area (Å²) >= 11 is 0. The van der Waals surface area contributed by atoms with Crippen LogP contribution in [0.15, 0.2) is 53.3 Å². The highest BCUT2D eigenvalue weighted by atomic mass is 16.5. The summed E-state index contributed by atoms with van der Waals surface area (Å²) in [6.45, 7) is 0.954. The third-order valence-electron chi connectivity index (χ3n) is 3.07. The first-order valence-corrected chi connectivity index (χ1v) is 6.42. The van der Waals surface area contributed by atoms with Gasteiger partial charge in [0, 0.05) is 6.54 Å². The monoisotopic (exact) mass is 269 g/mol. The number of aromatic nitrogens is 2. The van der Waals surface area contributed by atoms with Crippen LogP contribution in [0, 0.1) is 0 Å². The van der Waals surface area contributed by atoms with Gasteiger partial charge in [-0.15, -0.1) is 0 Å². The molecule has 0 aliphatic rings. The van der Waals surface area contributed by atoms with Crippen LogP contribution in [0.1, 0.15) is 0 Å². The first-order chi connectivity index (χ1) is 9.79. The average molecular weight is 269 g/mol. The third kappa shape index (κ3) is 2.19. The summed E-state index contributed by atoms with van der Waals surface area (Å²) in [6, 6.07) is 15.0. The summed E-state index contributed by atoms with van der Waals surface area (Å²) in [5.41, 5.74) is 7.71. The van der Waals surface area contributed by atoms with E-state index in [0.29, 0.717) is 13.2 Å². The normalized spacial score (nSPS) is 10.8. The second-order valence-corrected chi connectivity index (χ2v) is 4.41. The highest BCUT2D eigenvalue weighted by Crippen LogP contribution is 2.18. The first-order valence-electron chi connectivity index (χ1n) is 6.42. The lowest BCUT2D eigenvalue weighted by molar-refractivity contribution is 0.328. The zero-order valence-corrected chi connectivity index (χ0v) is 10.9. The van der Waals surface area contributed by atoms with Gasteiger partial charge in [0.05, 0.1) is 16.7 Å². The molecule has 3 N–H and O–H groups in total. The second-order valence-electron chi connectivity index (χ2n) is 4.41. The molecule has 0 saturated carbocycles. The minimum Gasteiger partial charge on any atom is -0.492 e. The van der Waals surface area contributed by atoms with Crippen LogP contribution in [-0.4, -0.2) is 22.7 Å². The van der Waals surface area contributed by atoms with Crippen molar-refractivity contribution in [1.29, 1.82) is 0 Å². The number of H-pyrrole nitrogens is 1. The molecule has 0 fully saturated rings. The predicted molar refractivity (Wildman–Crippen MR) is 78.4 cm³/mol. The number of hydrogen-bond acceptors (Lipinski definition) is 3. The molecule has 0 amide bonds. The fraction of sp³-hybridized carbons (Fsp3) is 0.133. The Hall–Kier alpha value is -2.53. The van der Waals surface area contributed by atoms with Gasteiger partial charge in [0.15, 0.2) is 0 Å². The van der Waals surface area contributed by atoms with Gasteiger partial charge in [-0.25, -0.2) is 4.79 Å². The molecule has 0 unspecified atom stereocenters. The number of imidazole rings is 1. The number of nitrogens with zero attached hydrogens (tertiary/aromatic N) is 1. The van der Waals surface area contributed by atoms with Crippen LogP contribution in [0.5, 0.6) is 5.75 Å². The number of hydrogen-bond donors (Lipinski definition) is 2. The van der Waals surface area contributed by atoms with E-state index in [9.17, 15) is 4.79 Å². The third-order valence-corrected chi connectivity index (χ3v) is 3.07. The van der Waals surface area contributed by atoms with Crippen molar-refractivity contribution in [3.8, 4) is 11.4 Å². The summed E-state index contributed by atoms with van der Waals surface area (Å²) in [4.78, 5) is 14.9. The van der Waals surface area contributed by atoms with Crippen molar-refractivity contribution in [1.82, 2.24) is 9.55 Å². The molecule has 0 saturated heterocycles. The number of fused-ring (bicyclic) bond motifs is 1. The molecule has 2 aromatic carbocycles. The van der Waals surface area contributed by atoms with Gasteiger partial charge in [-0.3, -0.25) is 4.57 Å². The quantitative estimate of drug-likeness (QED) is 0.756. The summed E-state index contributed by atoms with van der Waals surface area (Å²) in [7, 11) is 0. The Morgan fingerprint density at radius 2 is 1.85 bits per heavy atom. The molecule has 5 nitrogen and oxygen atoms in total. The Labute approximate surface area is 115 Å². The fourth-order valence-electron chi connectivity index (χ4n) is 2.18. The molecule has 0 aliphatic carbocycles. The van der Waals surface area contributed by atoms with Crippen molar-refractivity contribution in [3.05, 3.63) is 59.0 Å². The molecule has 5 heteroatoms. The summed E-state index contributed by atoms with van der Waals surface area (Å²) in [6.07, 6.45) is 0. The van der Waals surface area contributed by atoms with Crippen LogP contribution in [0.3, 0.4) is 0 Å². The molecule has 102 valence electrons. The standard InChI is InChI=1S/C15H15N3O2/c16-9-10-20-12-7-5-11(6-8-12)18-14-4-2-1-3-13(14)17-15(18)19/h1-8H,9-10,16H2,(H,17,19). The molecule has 0 radical (unpaired) electrons. The molecule has 0 spiro atoms. The van der Waals surface area contributed by atoms with Gasteiger partial charge in [-0.1, -0.05) is 12.1 Å². The molecule has 1 heterocycles. The molecule has 0 aliphatic heterocycles. The number of nitrogens with two attached hydrogens (primary N) is 1. The van der Waals surface area contributed by atoms with Crippen LogP contribution >= 0.6 is 0 Å². The Bertz CT molecular complexity index is 772. The lowest BCUT2D eigenvalue weighted by atomic mass is 10.2. The Morgan fingerprint density at radius 3 is 2.60 bits per heavy atom. The van der Waals surface area contributed by atoms with E-state index < -0.39 is 0 Å². The maximum Gasteiger partial charge on any atom is 0.331 e. The molecule has 0 bridgehead atoms. The zero-order valence-electron chi connectivity index (χ0n) is 10.9. The van der Waals surface area contributed by atoms with Crippen molar-refractivity contribution in [2.24, 2.45) is 5.73 Å². The Morgan fingerprint density at radius 1 is 1.10 bits per heavy atom. The molecule has 0 atom stereocenters. The largest absolute Gasteiger partial charge is 0.492 e. The number of nitrogens with one attached hydrogen (secondary N) is 1. The van der Waals surface area contributed by atoms with E-state index in [4.69, 9.17) is 10.5 Å². The van der Waals surface area contributed by atoms with Crippen molar-refractivity contribution >= 4 is 11.0 Å². The van der Waals surface area contributed by atoms with Crippen LogP contribution in [0.25, 0.3) is 16.7 Å². The summed E-state index contributed by atoms with van der Waals surface area (Å²) in [5.74, 6) is 0.743. The topological polar surface area (TPSA) is 73.0 Å². The van der Waals surface area contributed by atoms with Gasteiger partial charge in [-0.2, -0.15) is 0 Å². The predicted octanol–water partition coefficient (Wildman–Crippen LogP) is 1.66. The average Bonchev–Trinajstić information content (AvgIpc) is 2.81. The number of rotatable bonds is 4. The number of para-hydroxylation sites is 2. The molecule has 1 aromatic heterocycles. The highest BCUT2D eigenvalue weighted by molar-refractivity contribution is 5.77. The van der Waals surface area contributed by atoms with Crippen LogP contribution < -0.4 is 16.2 Å². The van der Waals surface area contributed by atoms with Crippen LogP contribution in [0.4, 0.5) is 0 Å². The van der Waals surface area contributed by atoms with E-state index in [1.54, 1.807) is 4.57 Å². The van der Waals surface area contributed by atoms with Gasteiger partial charge < -0.3 is 15.5 Å². The van der Waals surface area contributed by atoms with Gasteiger partial charge >= 0.3 is 5.69 Å². The first kappa shape index (κ1) is 12.5. The number of aromatic amines is 1.